The van der Waals surface area contributed by atoms with E-state index in [1.165, 1.54) is 16.2 Å². The second-order valence-electron chi connectivity index (χ2n) is 8.04. The summed E-state index contributed by atoms with van der Waals surface area (Å²) in [5.74, 6) is -0.801. The Bertz CT molecular complexity index is 1480. The quantitative estimate of drug-likeness (QED) is 0.219. The molecular weight excluding hydrogens is 460 g/mol. The van der Waals surface area contributed by atoms with Gasteiger partial charge in [-0.1, -0.05) is 40.6 Å². The Morgan fingerprint density at radius 1 is 1.09 bits per heavy atom. The first-order valence-corrected chi connectivity index (χ1v) is 11.4. The molecule has 2 aromatic carbocycles. The third-order valence-corrected chi connectivity index (χ3v) is 6.92. The lowest BCUT2D eigenvalue weighted by Gasteiger charge is -2.21. The fourth-order valence-corrected chi connectivity index (χ4v) is 5.29. The van der Waals surface area contributed by atoms with E-state index in [0.717, 1.165) is 15.8 Å². The molecule has 3 heterocycles. The number of aliphatic hydroxyl groups is 1. The van der Waals surface area contributed by atoms with E-state index in [4.69, 9.17) is 16.0 Å². The highest BCUT2D eigenvalue weighted by Crippen LogP contribution is 2.45. The van der Waals surface area contributed by atoms with Gasteiger partial charge < -0.3 is 9.52 Å². The molecule has 8 heteroatoms. The van der Waals surface area contributed by atoms with E-state index in [1.807, 2.05) is 26.0 Å². The van der Waals surface area contributed by atoms with Crippen LogP contribution in [-0.4, -0.2) is 21.8 Å². The number of ketones is 1. The van der Waals surface area contributed by atoms with Gasteiger partial charge in [0.25, 0.3) is 5.78 Å². The number of halogens is 1. The number of amides is 1. The Morgan fingerprint density at radius 3 is 2.61 bits per heavy atom. The number of aryl methyl sites for hydroxylation is 3. The van der Waals surface area contributed by atoms with Crippen LogP contribution in [0.5, 0.6) is 0 Å². The minimum atomic E-state index is -0.949. The lowest BCUT2D eigenvalue weighted by atomic mass is 9.96. The summed E-state index contributed by atoms with van der Waals surface area (Å²) < 4.78 is 6.62. The summed E-state index contributed by atoms with van der Waals surface area (Å²) in [5.41, 5.74) is 2.83. The molecule has 5 rings (SSSR count). The number of anilines is 1. The Morgan fingerprint density at radius 2 is 1.88 bits per heavy atom. The van der Waals surface area contributed by atoms with Gasteiger partial charge in [0, 0.05) is 10.6 Å². The highest BCUT2D eigenvalue weighted by molar-refractivity contribution is 7.22. The van der Waals surface area contributed by atoms with Gasteiger partial charge >= 0.3 is 5.91 Å². The largest absolute Gasteiger partial charge is 0.507 e. The summed E-state index contributed by atoms with van der Waals surface area (Å²) in [6, 6.07) is 13.3. The minimum absolute atomic E-state index is 0.0275. The molecule has 2 aromatic heterocycles. The average Bonchev–Trinajstić information content (AvgIpc) is 3.45. The smallest absolute Gasteiger partial charge is 0.302 e. The summed E-state index contributed by atoms with van der Waals surface area (Å²) >= 11 is 7.36. The van der Waals surface area contributed by atoms with Gasteiger partial charge in [0.05, 0.1) is 15.8 Å². The van der Waals surface area contributed by atoms with E-state index in [9.17, 15) is 14.7 Å². The molecule has 6 nitrogen and oxygen atoms in total. The van der Waals surface area contributed by atoms with E-state index in [0.29, 0.717) is 32.8 Å². The second kappa shape index (κ2) is 7.86. The van der Waals surface area contributed by atoms with Crippen molar-refractivity contribution in [2.75, 3.05) is 4.90 Å². The van der Waals surface area contributed by atoms with Crippen molar-refractivity contribution in [3.05, 3.63) is 87.3 Å². The van der Waals surface area contributed by atoms with Crippen LogP contribution in [0.25, 0.3) is 16.0 Å². The number of aromatic nitrogens is 1. The van der Waals surface area contributed by atoms with Crippen LogP contribution in [0.15, 0.2) is 58.5 Å². The second-order valence-corrected chi connectivity index (χ2v) is 9.49. The van der Waals surface area contributed by atoms with Crippen LogP contribution in [0.3, 0.4) is 0 Å². The minimum Gasteiger partial charge on any atom is -0.507 e. The van der Waals surface area contributed by atoms with E-state index in [1.54, 1.807) is 43.3 Å². The van der Waals surface area contributed by atoms with Gasteiger partial charge in [-0.3, -0.25) is 14.5 Å². The molecule has 166 valence electrons. The molecule has 1 fully saturated rings. The third kappa shape index (κ3) is 3.53. The zero-order valence-corrected chi connectivity index (χ0v) is 19.6. The fraction of sp³-hybridized carbons (Fsp3) is 0.160. The van der Waals surface area contributed by atoms with Gasteiger partial charge in [-0.2, -0.15) is 0 Å². The zero-order chi connectivity index (χ0) is 23.4. The number of rotatable bonds is 3. The van der Waals surface area contributed by atoms with Crippen LogP contribution in [0, 0.1) is 20.8 Å². The predicted molar refractivity (Wildman–Crippen MR) is 129 cm³/mol. The molecule has 1 N–H and O–H groups in total. The number of nitrogens with zero attached hydrogens (tertiary/aromatic N) is 2. The Balaban J connectivity index is 1.75. The first-order valence-electron chi connectivity index (χ1n) is 10.3. The average molecular weight is 479 g/mol. The van der Waals surface area contributed by atoms with Crippen molar-refractivity contribution in [1.82, 2.24) is 4.98 Å². The highest BCUT2D eigenvalue weighted by Gasteiger charge is 2.49. The molecule has 0 saturated carbocycles. The first-order chi connectivity index (χ1) is 15.7. The maximum absolute atomic E-state index is 13.3. The van der Waals surface area contributed by atoms with Crippen molar-refractivity contribution in [1.29, 1.82) is 0 Å². The van der Waals surface area contributed by atoms with Crippen LogP contribution in [0.4, 0.5) is 5.13 Å². The van der Waals surface area contributed by atoms with E-state index >= 15 is 0 Å². The van der Waals surface area contributed by atoms with Crippen molar-refractivity contribution >= 4 is 55.7 Å². The number of fused-ring (bicyclic) bond motifs is 1. The van der Waals surface area contributed by atoms with Gasteiger partial charge in [-0.15, -0.1) is 0 Å². The number of thiazole rings is 1. The van der Waals surface area contributed by atoms with Crippen molar-refractivity contribution < 1.29 is 19.1 Å². The summed E-state index contributed by atoms with van der Waals surface area (Å²) in [6.07, 6.45) is 0. The molecule has 1 unspecified atom stereocenters. The highest BCUT2D eigenvalue weighted by atomic mass is 35.5. The lowest BCUT2D eigenvalue weighted by molar-refractivity contribution is -0.132. The van der Waals surface area contributed by atoms with Gasteiger partial charge in [0.1, 0.15) is 23.3 Å². The maximum Gasteiger partial charge on any atom is 0.302 e. The van der Waals surface area contributed by atoms with Crippen LogP contribution >= 0.6 is 22.9 Å². The molecular formula is C25H19ClN2O4S. The molecule has 1 saturated heterocycles. The van der Waals surface area contributed by atoms with E-state index in [-0.39, 0.29) is 11.3 Å². The standard InChI is InChI=1S/C25H19ClN2O4S/c1-12-4-5-13(2)16(10-12)22(29)20-21(18-9-6-14(3)32-18)28(24(31)23(20)30)25-27-17-8-7-15(26)11-19(17)33-25/h4-11,21,29H,1-3H3/b22-20+. The molecule has 33 heavy (non-hydrogen) atoms. The fourth-order valence-electron chi connectivity index (χ4n) is 4.02. The summed E-state index contributed by atoms with van der Waals surface area (Å²) in [7, 11) is 0. The summed E-state index contributed by atoms with van der Waals surface area (Å²) in [4.78, 5) is 32.4. The van der Waals surface area contributed by atoms with Crippen molar-refractivity contribution in [2.24, 2.45) is 0 Å². The van der Waals surface area contributed by atoms with Crippen LogP contribution in [0.2, 0.25) is 5.02 Å². The summed E-state index contributed by atoms with van der Waals surface area (Å²) in [6.45, 7) is 5.52. The number of carbonyl (C=O) groups excluding carboxylic acids is 2. The predicted octanol–water partition coefficient (Wildman–Crippen LogP) is 6.09. The molecule has 0 spiro atoms. The number of furan rings is 1. The third-order valence-electron chi connectivity index (χ3n) is 5.67. The van der Waals surface area contributed by atoms with Gasteiger partial charge in [-0.05, 0) is 62.7 Å². The van der Waals surface area contributed by atoms with E-state index < -0.39 is 17.7 Å². The van der Waals surface area contributed by atoms with Gasteiger partial charge in [-0.25, -0.2) is 4.98 Å². The Labute approximate surface area is 198 Å². The molecule has 1 amide bonds. The SMILES string of the molecule is Cc1ccc(C)c(/C(O)=C2\C(=O)C(=O)N(c3nc4ccc(Cl)cc4s3)C2c2ccc(C)o2)c1. The van der Waals surface area contributed by atoms with Crippen LogP contribution in [-0.2, 0) is 9.59 Å². The first kappa shape index (κ1) is 21.4. The lowest BCUT2D eigenvalue weighted by Crippen LogP contribution is -2.29. The molecule has 0 bridgehead atoms. The Hall–Kier alpha value is -3.42. The number of carbonyl (C=O) groups is 2. The topological polar surface area (TPSA) is 83.6 Å². The number of aliphatic hydroxyl groups excluding tert-OH is 1. The molecule has 1 aliphatic rings. The summed E-state index contributed by atoms with van der Waals surface area (Å²) in [5, 5.41) is 12.2. The van der Waals surface area contributed by atoms with Gasteiger partial charge in [0.2, 0.25) is 0 Å². The molecule has 4 aromatic rings. The molecule has 1 aliphatic heterocycles. The number of Topliss-reactive ketones (excluding diaryl/α,β-unsaturated/α-hetero) is 1. The number of hydrogen-bond donors (Lipinski definition) is 1. The Kier molecular flexibility index (Phi) is 5.11. The number of benzene rings is 2. The van der Waals surface area contributed by atoms with Crippen LogP contribution in [0.1, 0.15) is 34.3 Å². The normalized spacial score (nSPS) is 17.9. The van der Waals surface area contributed by atoms with E-state index in [2.05, 4.69) is 4.98 Å². The van der Waals surface area contributed by atoms with Crippen molar-refractivity contribution in [3.63, 3.8) is 0 Å². The zero-order valence-electron chi connectivity index (χ0n) is 18.0. The molecule has 0 aliphatic carbocycles. The van der Waals surface area contributed by atoms with Crippen molar-refractivity contribution in [2.45, 2.75) is 26.8 Å². The molecule has 1 atom stereocenters. The van der Waals surface area contributed by atoms with Crippen molar-refractivity contribution in [3.8, 4) is 0 Å². The monoisotopic (exact) mass is 478 g/mol. The molecule has 0 radical (unpaired) electrons. The number of hydrogen-bond acceptors (Lipinski definition) is 6. The maximum atomic E-state index is 13.3. The van der Waals surface area contributed by atoms with Crippen LogP contribution < -0.4 is 4.90 Å². The van der Waals surface area contributed by atoms with Gasteiger partial charge in [0.15, 0.2) is 5.13 Å².